The summed E-state index contributed by atoms with van der Waals surface area (Å²) in [7, 11) is 0. The van der Waals surface area contributed by atoms with Gasteiger partial charge in [-0.15, -0.1) is 0 Å². The summed E-state index contributed by atoms with van der Waals surface area (Å²) in [6.45, 7) is 5.68. The topological polar surface area (TPSA) is 104 Å². The van der Waals surface area contributed by atoms with Gasteiger partial charge in [-0.05, 0) is 38.8 Å². The third-order valence-corrected chi connectivity index (χ3v) is 3.98. The molecule has 1 atom stereocenters. The number of aliphatic carboxylic acids is 2. The standard InChI is InChI=1S/C11H16N2O.C4H4O4/c1-8-6-12-11(14-8)10-7-13-4-2-9(10)3-5-13;5-3(6)1-2-4(7)8/h6,9-10H,2-5,7H2,1H3;1-2H,(H,5,6)(H,7,8)/b;2-1+. The summed E-state index contributed by atoms with van der Waals surface area (Å²) in [5.74, 6) is 0.775. The van der Waals surface area contributed by atoms with E-state index in [0.29, 0.717) is 18.1 Å². The van der Waals surface area contributed by atoms with Gasteiger partial charge in [0.05, 0.1) is 12.1 Å². The van der Waals surface area contributed by atoms with E-state index in [4.69, 9.17) is 14.6 Å². The van der Waals surface area contributed by atoms with E-state index in [-0.39, 0.29) is 0 Å². The molecule has 4 heterocycles. The molecule has 0 radical (unpaired) electrons. The second-order valence-electron chi connectivity index (χ2n) is 5.56. The predicted octanol–water partition coefficient (Wildman–Crippen LogP) is 1.50. The van der Waals surface area contributed by atoms with Gasteiger partial charge in [0.25, 0.3) is 0 Å². The number of carboxylic acid groups (broad SMARTS) is 2. The quantitative estimate of drug-likeness (QED) is 0.815. The Morgan fingerprint density at radius 3 is 2.23 bits per heavy atom. The summed E-state index contributed by atoms with van der Waals surface area (Å²) in [6, 6.07) is 0. The number of carbonyl (C=O) groups is 2. The Bertz CT molecular complexity index is 542. The van der Waals surface area contributed by atoms with Gasteiger partial charge in [0.2, 0.25) is 0 Å². The molecule has 4 rings (SSSR count). The maximum absolute atomic E-state index is 9.55. The Labute approximate surface area is 128 Å². The molecule has 3 saturated heterocycles. The number of aromatic nitrogens is 1. The largest absolute Gasteiger partial charge is 0.478 e. The molecule has 2 N–H and O–H groups in total. The fraction of sp³-hybridized carbons (Fsp3) is 0.533. The molecule has 0 saturated carbocycles. The Balaban J connectivity index is 0.000000192. The van der Waals surface area contributed by atoms with Crippen LogP contribution in [0.5, 0.6) is 0 Å². The smallest absolute Gasteiger partial charge is 0.328 e. The van der Waals surface area contributed by atoms with Crippen LogP contribution in [0.1, 0.15) is 30.4 Å². The Kier molecular flexibility index (Phi) is 5.32. The van der Waals surface area contributed by atoms with Crippen molar-refractivity contribution in [3.05, 3.63) is 30.0 Å². The summed E-state index contributed by atoms with van der Waals surface area (Å²) in [5, 5.41) is 15.6. The molecule has 3 fully saturated rings. The van der Waals surface area contributed by atoms with Crippen LogP contribution in [-0.4, -0.2) is 51.7 Å². The van der Waals surface area contributed by atoms with Crippen LogP contribution in [0, 0.1) is 12.8 Å². The van der Waals surface area contributed by atoms with E-state index in [1.54, 1.807) is 0 Å². The lowest BCUT2D eigenvalue weighted by Gasteiger charge is -2.43. The number of rotatable bonds is 3. The first kappa shape index (κ1) is 16.2. The Hall–Kier alpha value is -2.15. The fourth-order valence-electron chi connectivity index (χ4n) is 2.93. The van der Waals surface area contributed by atoms with E-state index in [1.165, 1.54) is 25.9 Å². The number of fused-ring (bicyclic) bond motifs is 3. The zero-order chi connectivity index (χ0) is 16.1. The molecule has 0 spiro atoms. The zero-order valence-electron chi connectivity index (χ0n) is 12.4. The summed E-state index contributed by atoms with van der Waals surface area (Å²) in [4.78, 5) is 26.0. The van der Waals surface area contributed by atoms with Gasteiger partial charge in [-0.25, -0.2) is 14.6 Å². The highest BCUT2D eigenvalue weighted by Crippen LogP contribution is 2.38. The van der Waals surface area contributed by atoms with Gasteiger partial charge in [-0.1, -0.05) is 0 Å². The SMILES string of the molecule is Cc1cnc(C2CN3CCC2CC3)o1.O=C(O)/C=C/C(=O)O. The van der Waals surface area contributed by atoms with Crippen LogP contribution in [0.4, 0.5) is 0 Å². The van der Waals surface area contributed by atoms with Gasteiger partial charge in [-0.2, -0.15) is 0 Å². The second-order valence-corrected chi connectivity index (χ2v) is 5.56. The molecule has 3 aliphatic rings. The van der Waals surface area contributed by atoms with Gasteiger partial charge in [0.15, 0.2) is 5.89 Å². The van der Waals surface area contributed by atoms with Crippen molar-refractivity contribution in [2.24, 2.45) is 5.92 Å². The third kappa shape index (κ3) is 4.42. The van der Waals surface area contributed by atoms with Crippen molar-refractivity contribution in [1.82, 2.24) is 9.88 Å². The van der Waals surface area contributed by atoms with Crippen LogP contribution in [0.15, 0.2) is 22.8 Å². The average molecular weight is 308 g/mol. The van der Waals surface area contributed by atoms with Crippen LogP contribution < -0.4 is 0 Å². The van der Waals surface area contributed by atoms with Crippen molar-refractivity contribution >= 4 is 11.9 Å². The average Bonchev–Trinajstić information content (AvgIpc) is 2.93. The maximum atomic E-state index is 9.55. The molecule has 7 heteroatoms. The first-order valence-corrected chi connectivity index (χ1v) is 7.24. The molecule has 0 aliphatic carbocycles. The molecule has 1 aromatic rings. The minimum absolute atomic E-state index is 0.558. The monoisotopic (exact) mass is 308 g/mol. The normalized spacial score (nSPS) is 26.5. The number of carboxylic acids is 2. The molecule has 0 aromatic carbocycles. The molecule has 22 heavy (non-hydrogen) atoms. The van der Waals surface area contributed by atoms with Gasteiger partial charge < -0.3 is 19.5 Å². The van der Waals surface area contributed by atoms with Crippen molar-refractivity contribution in [3.8, 4) is 0 Å². The van der Waals surface area contributed by atoms with Gasteiger partial charge in [0, 0.05) is 18.7 Å². The predicted molar refractivity (Wildman–Crippen MR) is 77.6 cm³/mol. The van der Waals surface area contributed by atoms with E-state index >= 15 is 0 Å². The zero-order valence-corrected chi connectivity index (χ0v) is 12.4. The first-order valence-electron chi connectivity index (χ1n) is 7.24. The van der Waals surface area contributed by atoms with Crippen molar-refractivity contribution < 1.29 is 24.2 Å². The van der Waals surface area contributed by atoms with E-state index < -0.39 is 11.9 Å². The van der Waals surface area contributed by atoms with Crippen LogP contribution in [0.3, 0.4) is 0 Å². The molecular weight excluding hydrogens is 288 g/mol. The second kappa shape index (κ2) is 7.22. The third-order valence-electron chi connectivity index (χ3n) is 3.98. The fourth-order valence-corrected chi connectivity index (χ4v) is 2.93. The number of oxazole rings is 1. The Morgan fingerprint density at radius 2 is 1.86 bits per heavy atom. The number of hydrogen-bond acceptors (Lipinski definition) is 5. The lowest BCUT2D eigenvalue weighted by molar-refractivity contribution is -0.134. The summed E-state index contributed by atoms with van der Waals surface area (Å²) in [5.41, 5.74) is 0. The summed E-state index contributed by atoms with van der Waals surface area (Å²) in [6.07, 6.45) is 5.61. The van der Waals surface area contributed by atoms with Crippen molar-refractivity contribution in [2.45, 2.75) is 25.7 Å². The highest BCUT2D eigenvalue weighted by Gasteiger charge is 2.37. The number of aryl methyl sites for hydroxylation is 1. The molecule has 120 valence electrons. The molecule has 3 aliphatic heterocycles. The first-order chi connectivity index (χ1) is 10.5. The van der Waals surface area contributed by atoms with Crippen LogP contribution in [0.25, 0.3) is 0 Å². The molecule has 2 bridgehead atoms. The highest BCUT2D eigenvalue weighted by molar-refractivity contribution is 5.89. The van der Waals surface area contributed by atoms with E-state index in [9.17, 15) is 9.59 Å². The van der Waals surface area contributed by atoms with Crippen molar-refractivity contribution in [3.63, 3.8) is 0 Å². The highest BCUT2D eigenvalue weighted by atomic mass is 16.4. The molecule has 7 nitrogen and oxygen atoms in total. The molecule has 1 aromatic heterocycles. The minimum Gasteiger partial charge on any atom is -0.478 e. The van der Waals surface area contributed by atoms with Crippen LogP contribution in [0.2, 0.25) is 0 Å². The Morgan fingerprint density at radius 1 is 1.27 bits per heavy atom. The van der Waals surface area contributed by atoms with E-state index in [0.717, 1.165) is 24.1 Å². The van der Waals surface area contributed by atoms with E-state index in [2.05, 4.69) is 9.88 Å². The number of hydrogen-bond donors (Lipinski definition) is 2. The molecule has 1 unspecified atom stereocenters. The van der Waals surface area contributed by atoms with Crippen molar-refractivity contribution in [1.29, 1.82) is 0 Å². The molecule has 0 amide bonds. The lowest BCUT2D eigenvalue weighted by atomic mass is 9.79. The van der Waals surface area contributed by atoms with Gasteiger partial charge in [0.1, 0.15) is 5.76 Å². The van der Waals surface area contributed by atoms with Gasteiger partial charge in [-0.3, -0.25) is 0 Å². The maximum Gasteiger partial charge on any atom is 0.328 e. The van der Waals surface area contributed by atoms with E-state index in [1.807, 2.05) is 13.1 Å². The summed E-state index contributed by atoms with van der Waals surface area (Å²) >= 11 is 0. The number of piperidine rings is 3. The summed E-state index contributed by atoms with van der Waals surface area (Å²) < 4.78 is 5.64. The van der Waals surface area contributed by atoms with Gasteiger partial charge >= 0.3 is 11.9 Å². The minimum atomic E-state index is -1.26. The van der Waals surface area contributed by atoms with Crippen LogP contribution in [-0.2, 0) is 9.59 Å². The lowest BCUT2D eigenvalue weighted by Crippen LogP contribution is -2.46. The number of nitrogens with zero attached hydrogens (tertiary/aromatic N) is 2. The molecular formula is C15H20N2O5. The van der Waals surface area contributed by atoms with Crippen LogP contribution >= 0.6 is 0 Å². The van der Waals surface area contributed by atoms with Crippen molar-refractivity contribution in [2.75, 3.05) is 19.6 Å².